The van der Waals surface area contributed by atoms with Gasteiger partial charge in [-0.15, -0.1) is 0 Å². The molecule has 0 saturated heterocycles. The third-order valence-electron chi connectivity index (χ3n) is 5.07. The molecule has 0 spiro atoms. The van der Waals surface area contributed by atoms with E-state index in [1.54, 1.807) is 55.1 Å². The van der Waals surface area contributed by atoms with Gasteiger partial charge in [-0.1, -0.05) is 24.3 Å². The van der Waals surface area contributed by atoms with Crippen LogP contribution in [0.3, 0.4) is 0 Å². The van der Waals surface area contributed by atoms with Crippen molar-refractivity contribution < 1.29 is 4.79 Å². The molecule has 5 aromatic rings. The smallest absolute Gasteiger partial charge is 0.264 e. The van der Waals surface area contributed by atoms with Gasteiger partial charge in [0.05, 0.1) is 34.7 Å². The Labute approximate surface area is 189 Å². The maximum atomic E-state index is 12.4. The molecule has 0 radical (unpaired) electrons. The van der Waals surface area contributed by atoms with E-state index in [1.807, 2.05) is 18.2 Å². The molecule has 5 rings (SSSR count). The lowest BCUT2D eigenvalue weighted by Crippen LogP contribution is -2.11. The number of hydrogen-bond acceptors (Lipinski definition) is 6. The Morgan fingerprint density at radius 2 is 1.97 bits per heavy atom. The molecule has 0 aliphatic rings. The average Bonchev–Trinajstić information content (AvgIpc) is 3.29. The van der Waals surface area contributed by atoms with Crippen LogP contribution in [0.2, 0.25) is 0 Å². The topological polar surface area (TPSA) is 133 Å². The SMILES string of the molecule is N=C(c1nc2ccncc2[nH]1)c1cc(-c2cncc(NC(=O)c3c#cccc3)c2)ccc1N. The van der Waals surface area contributed by atoms with Crippen LogP contribution in [0.1, 0.15) is 21.7 Å². The number of rotatable bonds is 5. The van der Waals surface area contributed by atoms with Crippen LogP contribution < -0.4 is 11.1 Å². The summed E-state index contributed by atoms with van der Waals surface area (Å²) in [7, 11) is 0. The third-order valence-corrected chi connectivity index (χ3v) is 5.07. The van der Waals surface area contributed by atoms with Crippen molar-refractivity contribution >= 4 is 34.0 Å². The van der Waals surface area contributed by atoms with Crippen molar-refractivity contribution in [2.75, 3.05) is 11.1 Å². The number of H-pyrrole nitrogens is 1. The number of carbonyl (C=O) groups excluding carboxylic acids is 1. The van der Waals surface area contributed by atoms with Crippen LogP contribution in [-0.2, 0) is 0 Å². The lowest BCUT2D eigenvalue weighted by molar-refractivity contribution is 0.102. The minimum absolute atomic E-state index is 0.166. The number of anilines is 2. The van der Waals surface area contributed by atoms with Gasteiger partial charge in [0.2, 0.25) is 0 Å². The maximum Gasteiger partial charge on any atom is 0.264 e. The summed E-state index contributed by atoms with van der Waals surface area (Å²) in [6, 6.07) is 19.6. The molecule has 8 heteroatoms. The van der Waals surface area contributed by atoms with Gasteiger partial charge in [0.25, 0.3) is 5.91 Å². The standard InChI is InChI=1S/C25H17N7O/c26-20-7-6-16(11-19(20)23(27)24-31-21-8-9-28-14-22(21)32-24)17-10-18(13-29-12-17)30-25(33)15-4-2-1-3-5-15/h1-2,4,6-14,27H,26H2,(H,30,33)(H,31,32). The molecule has 8 nitrogen and oxygen atoms in total. The number of fused-ring (bicyclic) bond motifs is 1. The van der Waals surface area contributed by atoms with E-state index in [2.05, 4.69) is 37.4 Å². The number of aromatic amines is 1. The molecule has 0 saturated carbocycles. The minimum Gasteiger partial charge on any atom is -0.398 e. The van der Waals surface area contributed by atoms with Gasteiger partial charge in [-0.2, -0.15) is 0 Å². The van der Waals surface area contributed by atoms with Gasteiger partial charge in [-0.25, -0.2) is 4.98 Å². The molecule has 0 aliphatic heterocycles. The summed E-state index contributed by atoms with van der Waals surface area (Å²) in [6.45, 7) is 0. The molecular weight excluding hydrogens is 414 g/mol. The number of imidazole rings is 1. The monoisotopic (exact) mass is 431 g/mol. The molecule has 3 aromatic heterocycles. The number of hydrogen-bond donors (Lipinski definition) is 4. The van der Waals surface area contributed by atoms with E-state index in [1.165, 1.54) is 0 Å². The van der Waals surface area contributed by atoms with Crippen LogP contribution in [0.4, 0.5) is 11.4 Å². The summed E-state index contributed by atoms with van der Waals surface area (Å²) in [5.74, 6) is 0.0989. The van der Waals surface area contributed by atoms with Crippen molar-refractivity contribution in [3.63, 3.8) is 0 Å². The van der Waals surface area contributed by atoms with Crippen LogP contribution in [0.25, 0.3) is 22.2 Å². The number of nitrogens with zero attached hydrogens (tertiary/aromatic N) is 3. The number of benzene rings is 1. The predicted octanol–water partition coefficient (Wildman–Crippen LogP) is 3.87. The van der Waals surface area contributed by atoms with E-state index < -0.39 is 0 Å². The summed E-state index contributed by atoms with van der Waals surface area (Å²) in [6.07, 6.45) is 6.56. The fraction of sp³-hybridized carbons (Fsp3) is 0. The molecule has 1 amide bonds. The lowest BCUT2D eigenvalue weighted by Gasteiger charge is -2.10. The Kier molecular flexibility index (Phi) is 4.97. The number of nitrogens with two attached hydrogens (primary N) is 1. The van der Waals surface area contributed by atoms with Crippen molar-refractivity contribution in [3.8, 4) is 11.1 Å². The Morgan fingerprint density at radius 3 is 2.79 bits per heavy atom. The molecular formula is C25H17N7O. The minimum atomic E-state index is -0.301. The van der Waals surface area contributed by atoms with E-state index in [-0.39, 0.29) is 11.6 Å². The summed E-state index contributed by atoms with van der Waals surface area (Å²) in [4.78, 5) is 28.3. The van der Waals surface area contributed by atoms with Crippen molar-refractivity contribution in [1.29, 1.82) is 5.41 Å². The lowest BCUT2D eigenvalue weighted by atomic mass is 10.00. The number of amides is 1. The highest BCUT2D eigenvalue weighted by Gasteiger charge is 2.15. The second kappa shape index (κ2) is 8.24. The highest BCUT2D eigenvalue weighted by molar-refractivity contribution is 6.13. The zero-order valence-corrected chi connectivity index (χ0v) is 17.3. The first-order valence-electron chi connectivity index (χ1n) is 10.0. The van der Waals surface area contributed by atoms with Crippen LogP contribution in [0.5, 0.6) is 0 Å². The first-order valence-corrected chi connectivity index (χ1v) is 10.0. The molecule has 0 aliphatic carbocycles. The van der Waals surface area contributed by atoms with Crippen molar-refractivity contribution in [2.45, 2.75) is 0 Å². The third kappa shape index (κ3) is 3.98. The molecule has 0 atom stereocenters. The van der Waals surface area contributed by atoms with Crippen LogP contribution in [-0.4, -0.2) is 31.6 Å². The number of pyridine rings is 2. The molecule has 0 bridgehead atoms. The number of carbonyl (C=O) groups is 1. The first kappa shape index (κ1) is 19.9. The van der Waals surface area contributed by atoms with Crippen molar-refractivity contribution in [2.24, 2.45) is 0 Å². The molecule has 33 heavy (non-hydrogen) atoms. The normalized spacial score (nSPS) is 10.5. The Morgan fingerprint density at radius 1 is 1.06 bits per heavy atom. The second-order valence-corrected chi connectivity index (χ2v) is 7.28. The van der Waals surface area contributed by atoms with Gasteiger partial charge >= 0.3 is 0 Å². The van der Waals surface area contributed by atoms with Gasteiger partial charge < -0.3 is 16.0 Å². The zero-order chi connectivity index (χ0) is 22.8. The molecule has 0 fully saturated rings. The van der Waals surface area contributed by atoms with Gasteiger partial charge in [0, 0.05) is 29.2 Å². The number of aromatic nitrogens is 4. The fourth-order valence-electron chi connectivity index (χ4n) is 3.41. The number of nitrogen functional groups attached to an aromatic ring is 1. The van der Waals surface area contributed by atoms with Gasteiger partial charge in [-0.3, -0.25) is 20.2 Å². The van der Waals surface area contributed by atoms with Crippen molar-refractivity contribution in [1.82, 2.24) is 19.9 Å². The Bertz CT molecular complexity index is 1460. The van der Waals surface area contributed by atoms with Gasteiger partial charge in [-0.05, 0) is 42.0 Å². The van der Waals surface area contributed by atoms with E-state index in [0.29, 0.717) is 28.3 Å². The molecule has 0 unspecified atom stereocenters. The van der Waals surface area contributed by atoms with E-state index >= 15 is 0 Å². The summed E-state index contributed by atoms with van der Waals surface area (Å²) in [5, 5.41) is 11.5. The highest BCUT2D eigenvalue weighted by Crippen LogP contribution is 2.27. The van der Waals surface area contributed by atoms with Crippen LogP contribution >= 0.6 is 0 Å². The first-order chi connectivity index (χ1) is 16.1. The van der Waals surface area contributed by atoms with E-state index in [0.717, 1.165) is 22.2 Å². The molecule has 158 valence electrons. The number of nitrogens with one attached hydrogen (secondary N) is 3. The predicted molar refractivity (Wildman–Crippen MR) is 126 cm³/mol. The van der Waals surface area contributed by atoms with Gasteiger partial charge in [0.1, 0.15) is 5.71 Å². The molecule has 2 aromatic carbocycles. The largest absolute Gasteiger partial charge is 0.398 e. The zero-order valence-electron chi connectivity index (χ0n) is 17.3. The second-order valence-electron chi connectivity index (χ2n) is 7.28. The quantitative estimate of drug-likeness (QED) is 0.248. The maximum absolute atomic E-state index is 12.4. The molecule has 3 heterocycles. The van der Waals surface area contributed by atoms with E-state index in [9.17, 15) is 4.79 Å². The van der Waals surface area contributed by atoms with Crippen LogP contribution in [0, 0.1) is 17.5 Å². The average molecular weight is 431 g/mol. The summed E-state index contributed by atoms with van der Waals surface area (Å²) in [5.41, 5.74) is 11.3. The Balaban J connectivity index is 1.44. The van der Waals surface area contributed by atoms with Crippen LogP contribution in [0.15, 0.2) is 73.3 Å². The Hall–Kier alpha value is -5.03. The summed E-state index contributed by atoms with van der Waals surface area (Å²) >= 11 is 0. The van der Waals surface area contributed by atoms with E-state index in [4.69, 9.17) is 11.1 Å². The van der Waals surface area contributed by atoms with Gasteiger partial charge in [0.15, 0.2) is 5.82 Å². The summed E-state index contributed by atoms with van der Waals surface area (Å²) < 4.78 is 0. The van der Waals surface area contributed by atoms with Crippen molar-refractivity contribution in [3.05, 3.63) is 102 Å². The highest BCUT2D eigenvalue weighted by atomic mass is 16.1. The molecule has 5 N–H and O–H groups in total. The fourth-order valence-corrected chi connectivity index (χ4v) is 3.41.